The third-order valence-electron chi connectivity index (χ3n) is 5.38. The van der Waals surface area contributed by atoms with Crippen molar-refractivity contribution >= 4 is 18.2 Å². The maximum Gasteiger partial charge on any atom is 0.339 e. The van der Waals surface area contributed by atoms with E-state index in [0.717, 1.165) is 11.1 Å². The van der Waals surface area contributed by atoms with Crippen molar-refractivity contribution in [2.75, 3.05) is 13.6 Å². The van der Waals surface area contributed by atoms with E-state index < -0.39 is 17.6 Å². The van der Waals surface area contributed by atoms with Gasteiger partial charge in [-0.05, 0) is 37.4 Å². The van der Waals surface area contributed by atoms with Crippen molar-refractivity contribution < 1.29 is 19.1 Å². The number of likely N-dealkylation sites (N-methyl/N-ethyl adjacent to an activating group) is 1. The molecule has 2 aromatic carbocycles. The zero-order valence-corrected chi connectivity index (χ0v) is 16.5. The summed E-state index contributed by atoms with van der Waals surface area (Å²) in [6.45, 7) is 0.418. The number of carbonyl (C=O) groups is 3. The third kappa shape index (κ3) is 4.54. The van der Waals surface area contributed by atoms with Gasteiger partial charge < -0.3 is 19.7 Å². The predicted octanol–water partition coefficient (Wildman–Crippen LogP) is 2.12. The Labute approximate surface area is 170 Å². The summed E-state index contributed by atoms with van der Waals surface area (Å²) in [5.74, 6) is -0.936. The molecule has 29 heavy (non-hydrogen) atoms. The molecule has 1 heterocycles. The number of amides is 1. The number of benzene rings is 2. The van der Waals surface area contributed by atoms with Crippen molar-refractivity contribution in [1.29, 1.82) is 0 Å². The number of likely N-dealkylation sites (tertiary alicyclic amines) is 1. The van der Waals surface area contributed by atoms with Gasteiger partial charge in [-0.3, -0.25) is 4.79 Å². The highest BCUT2D eigenvalue weighted by Crippen LogP contribution is 2.30. The van der Waals surface area contributed by atoms with Gasteiger partial charge in [0.2, 0.25) is 5.91 Å². The fraction of sp³-hybridized carbons (Fsp3) is 0.348. The first-order valence-corrected chi connectivity index (χ1v) is 9.81. The molecule has 0 spiro atoms. The molecule has 0 saturated carbocycles. The van der Waals surface area contributed by atoms with E-state index in [-0.39, 0.29) is 18.9 Å². The minimum atomic E-state index is -1.56. The minimum Gasteiger partial charge on any atom is -0.459 e. The summed E-state index contributed by atoms with van der Waals surface area (Å²) in [5, 5.41) is 3.03. The van der Waals surface area contributed by atoms with Gasteiger partial charge in [0.25, 0.3) is 0 Å². The van der Waals surface area contributed by atoms with Crippen LogP contribution >= 0.6 is 0 Å². The molecule has 152 valence electrons. The molecule has 6 nitrogen and oxygen atoms in total. The number of hydrogen-bond donors (Lipinski definition) is 1. The molecule has 1 amide bonds. The topological polar surface area (TPSA) is 75.7 Å². The van der Waals surface area contributed by atoms with E-state index in [4.69, 9.17) is 4.74 Å². The van der Waals surface area contributed by atoms with Crippen LogP contribution in [0.25, 0.3) is 0 Å². The molecule has 1 saturated heterocycles. The van der Waals surface area contributed by atoms with E-state index in [1.165, 1.54) is 4.90 Å². The van der Waals surface area contributed by atoms with Gasteiger partial charge in [0.05, 0.1) is 6.04 Å². The second kappa shape index (κ2) is 9.47. The van der Waals surface area contributed by atoms with Gasteiger partial charge in [0.1, 0.15) is 6.61 Å². The molecule has 0 aliphatic carbocycles. The van der Waals surface area contributed by atoms with Crippen molar-refractivity contribution in [2.45, 2.75) is 37.5 Å². The van der Waals surface area contributed by atoms with Crippen LogP contribution in [0, 0.1) is 0 Å². The van der Waals surface area contributed by atoms with Crippen LogP contribution in [0.4, 0.5) is 0 Å². The summed E-state index contributed by atoms with van der Waals surface area (Å²) < 4.78 is 5.43. The SMILES string of the molecule is CN[C@H](Cc1ccccc1)C(=O)N1CCC[C@]1(C=O)C(=O)OCc1ccccc1. The first kappa shape index (κ1) is 20.7. The quantitative estimate of drug-likeness (QED) is 0.422. The molecule has 3 rings (SSSR count). The molecule has 1 aliphatic rings. The second-order valence-corrected chi connectivity index (χ2v) is 7.23. The number of carbonyl (C=O) groups excluding carboxylic acids is 3. The summed E-state index contributed by atoms with van der Waals surface area (Å²) in [7, 11) is 1.71. The lowest BCUT2D eigenvalue weighted by molar-refractivity contribution is -0.164. The number of hydrogen-bond acceptors (Lipinski definition) is 5. The smallest absolute Gasteiger partial charge is 0.339 e. The van der Waals surface area contributed by atoms with E-state index in [2.05, 4.69) is 5.32 Å². The number of rotatable bonds is 8. The van der Waals surface area contributed by atoms with Crippen LogP contribution in [0.1, 0.15) is 24.0 Å². The van der Waals surface area contributed by atoms with E-state index >= 15 is 0 Å². The average molecular weight is 394 g/mol. The molecule has 2 atom stereocenters. The predicted molar refractivity (Wildman–Crippen MR) is 109 cm³/mol. The number of nitrogens with one attached hydrogen (secondary N) is 1. The van der Waals surface area contributed by atoms with Crippen LogP contribution in [0.15, 0.2) is 60.7 Å². The van der Waals surface area contributed by atoms with Crippen molar-refractivity contribution in [3.63, 3.8) is 0 Å². The Kier molecular flexibility index (Phi) is 6.77. The molecular weight excluding hydrogens is 368 g/mol. The first-order valence-electron chi connectivity index (χ1n) is 9.81. The molecule has 0 radical (unpaired) electrons. The van der Waals surface area contributed by atoms with Gasteiger partial charge in [0.15, 0.2) is 11.8 Å². The van der Waals surface area contributed by atoms with E-state index in [1.807, 2.05) is 60.7 Å². The Morgan fingerprint density at radius 1 is 1.10 bits per heavy atom. The monoisotopic (exact) mass is 394 g/mol. The lowest BCUT2D eigenvalue weighted by atomic mass is 9.96. The van der Waals surface area contributed by atoms with Gasteiger partial charge in [-0.15, -0.1) is 0 Å². The average Bonchev–Trinajstić information content (AvgIpc) is 3.22. The number of aldehydes is 1. The van der Waals surface area contributed by atoms with Gasteiger partial charge in [-0.25, -0.2) is 4.79 Å². The highest BCUT2D eigenvalue weighted by Gasteiger charge is 2.52. The van der Waals surface area contributed by atoms with Crippen LogP contribution in [0.5, 0.6) is 0 Å². The van der Waals surface area contributed by atoms with Crippen molar-refractivity contribution in [3.05, 3.63) is 71.8 Å². The van der Waals surface area contributed by atoms with E-state index in [9.17, 15) is 14.4 Å². The van der Waals surface area contributed by atoms with Gasteiger partial charge in [-0.2, -0.15) is 0 Å². The Morgan fingerprint density at radius 3 is 2.31 bits per heavy atom. The normalized spacial score (nSPS) is 19.6. The van der Waals surface area contributed by atoms with Crippen molar-refractivity contribution in [1.82, 2.24) is 10.2 Å². The summed E-state index contributed by atoms with van der Waals surface area (Å²) in [6.07, 6.45) is 1.89. The molecule has 1 aliphatic heterocycles. The highest BCUT2D eigenvalue weighted by molar-refractivity contribution is 6.03. The van der Waals surface area contributed by atoms with Crippen LogP contribution < -0.4 is 5.32 Å². The maximum absolute atomic E-state index is 13.2. The summed E-state index contributed by atoms with van der Waals surface area (Å²) in [4.78, 5) is 39.6. The fourth-order valence-electron chi connectivity index (χ4n) is 3.73. The standard InChI is InChI=1S/C23H26N2O4/c1-24-20(15-18-9-4-2-5-10-18)21(27)25-14-8-13-23(25,17-26)22(28)29-16-19-11-6-3-7-12-19/h2-7,9-12,17,20,24H,8,13-16H2,1H3/t20-,23+/m1/s1. The Bertz CT molecular complexity index is 840. The van der Waals surface area contributed by atoms with Crippen molar-refractivity contribution in [2.24, 2.45) is 0 Å². The Balaban J connectivity index is 1.74. The molecule has 6 heteroatoms. The lowest BCUT2D eigenvalue weighted by Crippen LogP contribution is -2.59. The van der Waals surface area contributed by atoms with Crippen molar-refractivity contribution in [3.8, 4) is 0 Å². The highest BCUT2D eigenvalue weighted by atomic mass is 16.5. The molecule has 0 aromatic heterocycles. The van der Waals surface area contributed by atoms with E-state index in [0.29, 0.717) is 25.7 Å². The summed E-state index contributed by atoms with van der Waals surface area (Å²) in [6, 6.07) is 18.4. The summed E-state index contributed by atoms with van der Waals surface area (Å²) in [5.41, 5.74) is 0.273. The maximum atomic E-state index is 13.2. The van der Waals surface area contributed by atoms with Crippen LogP contribution in [0.3, 0.4) is 0 Å². The zero-order chi connectivity index (χ0) is 20.7. The van der Waals surface area contributed by atoms with Gasteiger partial charge in [0, 0.05) is 6.54 Å². The zero-order valence-electron chi connectivity index (χ0n) is 16.5. The third-order valence-corrected chi connectivity index (χ3v) is 5.38. The fourth-order valence-corrected chi connectivity index (χ4v) is 3.73. The minimum absolute atomic E-state index is 0.0662. The molecule has 1 N–H and O–H groups in total. The number of ether oxygens (including phenoxy) is 1. The first-order chi connectivity index (χ1) is 14.1. The van der Waals surface area contributed by atoms with E-state index in [1.54, 1.807) is 7.05 Å². The van der Waals surface area contributed by atoms with Crippen LogP contribution in [-0.4, -0.2) is 48.2 Å². The number of nitrogens with zero attached hydrogens (tertiary/aromatic N) is 1. The molecule has 1 fully saturated rings. The van der Waals surface area contributed by atoms with Gasteiger partial charge in [-0.1, -0.05) is 60.7 Å². The van der Waals surface area contributed by atoms with Gasteiger partial charge >= 0.3 is 5.97 Å². The molecule has 0 bridgehead atoms. The second-order valence-electron chi connectivity index (χ2n) is 7.23. The van der Waals surface area contributed by atoms with Crippen LogP contribution in [0.2, 0.25) is 0 Å². The molecular formula is C23H26N2O4. The molecule has 0 unspecified atom stereocenters. The lowest BCUT2D eigenvalue weighted by Gasteiger charge is -2.34. The molecule has 2 aromatic rings. The van der Waals surface area contributed by atoms with Crippen LogP contribution in [-0.2, 0) is 32.1 Å². The Hall–Kier alpha value is -2.99. The summed E-state index contributed by atoms with van der Waals surface area (Å²) >= 11 is 0. The largest absolute Gasteiger partial charge is 0.459 e. The number of esters is 1. The Morgan fingerprint density at radius 2 is 1.72 bits per heavy atom.